The molecule has 6 heteroatoms. The Hall–Kier alpha value is -2.47. The molecule has 3 aromatic rings. The predicted molar refractivity (Wildman–Crippen MR) is 92.0 cm³/mol. The third kappa shape index (κ3) is 3.17. The highest BCUT2D eigenvalue weighted by Gasteiger charge is 2.12. The highest BCUT2D eigenvalue weighted by molar-refractivity contribution is 7.18. The zero-order valence-electron chi connectivity index (χ0n) is 13.2. The first-order chi connectivity index (χ1) is 11.1. The van der Waals surface area contributed by atoms with Crippen molar-refractivity contribution in [1.29, 1.82) is 0 Å². The number of hydrogen-bond acceptors (Lipinski definition) is 6. The van der Waals surface area contributed by atoms with E-state index < -0.39 is 0 Å². The van der Waals surface area contributed by atoms with Gasteiger partial charge in [0.25, 0.3) is 0 Å². The van der Waals surface area contributed by atoms with Gasteiger partial charge < -0.3 is 9.64 Å². The summed E-state index contributed by atoms with van der Waals surface area (Å²) in [7, 11) is 3.39. The molecular weight excluding hydrogens is 310 g/mol. The SMILES string of the molecule is COC(=O)c1ccc(CN(C)c2ncnc3sc(C)cc23)cc1. The van der Waals surface area contributed by atoms with E-state index in [1.807, 2.05) is 19.2 Å². The second kappa shape index (κ2) is 6.34. The van der Waals surface area contributed by atoms with E-state index in [0.29, 0.717) is 12.1 Å². The number of nitrogens with zero attached hydrogens (tertiary/aromatic N) is 3. The lowest BCUT2D eigenvalue weighted by atomic mass is 10.1. The van der Waals surface area contributed by atoms with E-state index in [-0.39, 0.29) is 5.97 Å². The summed E-state index contributed by atoms with van der Waals surface area (Å²) in [6.45, 7) is 2.77. The maximum atomic E-state index is 11.5. The van der Waals surface area contributed by atoms with Crippen LogP contribution in [0.5, 0.6) is 0 Å². The Morgan fingerprint density at radius 3 is 2.70 bits per heavy atom. The van der Waals surface area contributed by atoms with Crippen molar-refractivity contribution < 1.29 is 9.53 Å². The molecule has 0 saturated heterocycles. The minimum absolute atomic E-state index is 0.323. The van der Waals surface area contributed by atoms with Crippen molar-refractivity contribution in [3.05, 3.63) is 52.7 Å². The van der Waals surface area contributed by atoms with Gasteiger partial charge in [0.2, 0.25) is 0 Å². The van der Waals surface area contributed by atoms with Crippen LogP contribution in [0.3, 0.4) is 0 Å². The summed E-state index contributed by atoms with van der Waals surface area (Å²) in [6.07, 6.45) is 1.60. The molecule has 0 radical (unpaired) electrons. The molecular formula is C17H17N3O2S. The van der Waals surface area contributed by atoms with Crippen molar-refractivity contribution in [2.75, 3.05) is 19.1 Å². The molecule has 0 aliphatic heterocycles. The molecule has 0 saturated carbocycles. The molecule has 0 bridgehead atoms. The van der Waals surface area contributed by atoms with Gasteiger partial charge in [-0.25, -0.2) is 14.8 Å². The molecule has 0 N–H and O–H groups in total. The van der Waals surface area contributed by atoms with Crippen molar-refractivity contribution in [2.24, 2.45) is 0 Å². The highest BCUT2D eigenvalue weighted by Crippen LogP contribution is 2.29. The summed E-state index contributed by atoms with van der Waals surface area (Å²) in [5.74, 6) is 0.590. The number of carbonyl (C=O) groups is 1. The Balaban J connectivity index is 1.83. The first-order valence-corrected chi connectivity index (χ1v) is 7.99. The van der Waals surface area contributed by atoms with E-state index in [2.05, 4.69) is 27.9 Å². The molecule has 0 unspecified atom stereocenters. The fourth-order valence-corrected chi connectivity index (χ4v) is 3.32. The number of carbonyl (C=O) groups excluding carboxylic acids is 1. The second-order valence-electron chi connectivity index (χ2n) is 5.32. The van der Waals surface area contributed by atoms with Crippen molar-refractivity contribution in [3.8, 4) is 0 Å². The van der Waals surface area contributed by atoms with Crippen molar-refractivity contribution >= 4 is 33.3 Å². The van der Waals surface area contributed by atoms with Gasteiger partial charge in [0.15, 0.2) is 0 Å². The summed E-state index contributed by atoms with van der Waals surface area (Å²) in [5.41, 5.74) is 1.65. The average molecular weight is 327 g/mol. The standard InChI is InChI=1S/C17H17N3O2S/c1-11-8-14-15(18-10-19-16(14)23-11)20(2)9-12-4-6-13(7-5-12)17(21)22-3/h4-8,10H,9H2,1-3H3. The van der Waals surface area contributed by atoms with Gasteiger partial charge in [-0.15, -0.1) is 11.3 Å². The quantitative estimate of drug-likeness (QED) is 0.687. The number of benzene rings is 1. The fraction of sp³-hybridized carbons (Fsp3) is 0.235. The molecule has 23 heavy (non-hydrogen) atoms. The summed E-state index contributed by atoms with van der Waals surface area (Å²) in [5, 5.41) is 1.07. The van der Waals surface area contributed by atoms with Crippen molar-refractivity contribution in [3.63, 3.8) is 0 Å². The van der Waals surface area contributed by atoms with Crippen LogP contribution in [0.4, 0.5) is 5.82 Å². The van der Waals surface area contributed by atoms with Crippen LogP contribution in [0.25, 0.3) is 10.2 Å². The van der Waals surface area contributed by atoms with E-state index in [1.165, 1.54) is 12.0 Å². The maximum Gasteiger partial charge on any atom is 0.337 e. The molecule has 2 heterocycles. The Kier molecular flexibility index (Phi) is 4.25. The van der Waals surface area contributed by atoms with Crippen LogP contribution in [-0.4, -0.2) is 30.1 Å². The van der Waals surface area contributed by atoms with Gasteiger partial charge in [-0.1, -0.05) is 12.1 Å². The monoisotopic (exact) mass is 327 g/mol. The normalized spacial score (nSPS) is 10.7. The Bertz CT molecular complexity index is 843. The van der Waals surface area contributed by atoms with Gasteiger partial charge in [-0.3, -0.25) is 0 Å². The molecule has 118 valence electrons. The van der Waals surface area contributed by atoms with E-state index >= 15 is 0 Å². The van der Waals surface area contributed by atoms with Gasteiger partial charge in [0.05, 0.1) is 18.1 Å². The van der Waals surface area contributed by atoms with Gasteiger partial charge in [-0.05, 0) is 30.7 Å². The molecule has 0 aliphatic rings. The lowest BCUT2D eigenvalue weighted by molar-refractivity contribution is 0.0600. The lowest BCUT2D eigenvalue weighted by Crippen LogP contribution is -2.18. The zero-order chi connectivity index (χ0) is 16.4. The minimum Gasteiger partial charge on any atom is -0.465 e. The number of anilines is 1. The third-order valence-corrected chi connectivity index (χ3v) is 4.55. The van der Waals surface area contributed by atoms with Crippen LogP contribution in [0.2, 0.25) is 0 Å². The Morgan fingerprint density at radius 2 is 2.00 bits per heavy atom. The molecule has 3 rings (SSSR count). The van der Waals surface area contributed by atoms with E-state index in [0.717, 1.165) is 21.6 Å². The molecule has 0 spiro atoms. The fourth-order valence-electron chi connectivity index (χ4n) is 2.48. The molecule has 1 aromatic carbocycles. The van der Waals surface area contributed by atoms with Gasteiger partial charge in [0, 0.05) is 18.5 Å². The van der Waals surface area contributed by atoms with Gasteiger partial charge in [-0.2, -0.15) is 0 Å². The van der Waals surface area contributed by atoms with Crippen LogP contribution in [0.1, 0.15) is 20.8 Å². The van der Waals surface area contributed by atoms with E-state index in [9.17, 15) is 4.79 Å². The van der Waals surface area contributed by atoms with Crippen LogP contribution >= 0.6 is 11.3 Å². The number of hydrogen-bond donors (Lipinski definition) is 0. The number of esters is 1. The summed E-state index contributed by atoms with van der Waals surface area (Å²) >= 11 is 1.67. The third-order valence-electron chi connectivity index (χ3n) is 3.59. The summed E-state index contributed by atoms with van der Waals surface area (Å²) < 4.78 is 4.71. The smallest absolute Gasteiger partial charge is 0.337 e. The maximum absolute atomic E-state index is 11.5. The molecule has 0 fully saturated rings. The van der Waals surface area contributed by atoms with Crippen LogP contribution in [-0.2, 0) is 11.3 Å². The Morgan fingerprint density at radius 1 is 1.26 bits per heavy atom. The number of fused-ring (bicyclic) bond motifs is 1. The van der Waals surface area contributed by atoms with Crippen LogP contribution in [0, 0.1) is 6.92 Å². The first kappa shape index (κ1) is 15.4. The molecule has 0 aliphatic carbocycles. The minimum atomic E-state index is -0.323. The van der Waals surface area contributed by atoms with Gasteiger partial charge in [0.1, 0.15) is 17.0 Å². The Labute approximate surface area is 138 Å². The average Bonchev–Trinajstić information content (AvgIpc) is 2.94. The lowest BCUT2D eigenvalue weighted by Gasteiger charge is -2.19. The summed E-state index contributed by atoms with van der Waals surface area (Å²) in [6, 6.07) is 9.53. The number of ether oxygens (including phenoxy) is 1. The van der Waals surface area contributed by atoms with Gasteiger partial charge >= 0.3 is 5.97 Å². The number of aryl methyl sites for hydroxylation is 1. The largest absolute Gasteiger partial charge is 0.465 e. The first-order valence-electron chi connectivity index (χ1n) is 7.18. The number of methoxy groups -OCH3 is 1. The molecule has 0 atom stereocenters. The predicted octanol–water partition coefficient (Wildman–Crippen LogP) is 3.42. The highest BCUT2D eigenvalue weighted by atomic mass is 32.1. The van der Waals surface area contributed by atoms with Crippen molar-refractivity contribution in [1.82, 2.24) is 9.97 Å². The number of rotatable bonds is 4. The summed E-state index contributed by atoms with van der Waals surface area (Å²) in [4.78, 5) is 24.5. The number of aromatic nitrogens is 2. The zero-order valence-corrected chi connectivity index (χ0v) is 14.1. The van der Waals surface area contributed by atoms with E-state index in [1.54, 1.807) is 29.8 Å². The van der Waals surface area contributed by atoms with Crippen LogP contribution < -0.4 is 4.90 Å². The van der Waals surface area contributed by atoms with E-state index in [4.69, 9.17) is 4.74 Å². The van der Waals surface area contributed by atoms with Crippen LogP contribution in [0.15, 0.2) is 36.7 Å². The molecule has 2 aromatic heterocycles. The topological polar surface area (TPSA) is 55.3 Å². The van der Waals surface area contributed by atoms with Crippen molar-refractivity contribution in [2.45, 2.75) is 13.5 Å². The second-order valence-corrected chi connectivity index (χ2v) is 6.55. The molecule has 0 amide bonds. The number of thiophene rings is 1. The molecule has 5 nitrogen and oxygen atoms in total.